The van der Waals surface area contributed by atoms with Crippen LogP contribution in [0.25, 0.3) is 5.65 Å². The average Bonchev–Trinajstić information content (AvgIpc) is 2.67. The number of pyridine rings is 1. The van der Waals surface area contributed by atoms with E-state index in [0.717, 1.165) is 12.8 Å². The van der Waals surface area contributed by atoms with Crippen LogP contribution in [0.5, 0.6) is 0 Å². The minimum absolute atomic E-state index is 0.0169. The van der Waals surface area contributed by atoms with Crippen LogP contribution in [0.4, 0.5) is 0 Å². The summed E-state index contributed by atoms with van der Waals surface area (Å²) < 4.78 is 2.67. The van der Waals surface area contributed by atoms with Crippen LogP contribution in [0, 0.1) is 0 Å². The summed E-state index contributed by atoms with van der Waals surface area (Å²) in [5.41, 5.74) is 0.284. The van der Waals surface area contributed by atoms with E-state index >= 15 is 0 Å². The fraction of sp³-hybridized carbons (Fsp3) is 0.533. The fourth-order valence-corrected chi connectivity index (χ4v) is 2.90. The van der Waals surface area contributed by atoms with Gasteiger partial charge in [-0.25, -0.2) is 9.48 Å². The van der Waals surface area contributed by atoms with Gasteiger partial charge in [-0.2, -0.15) is 0 Å². The van der Waals surface area contributed by atoms with Gasteiger partial charge in [-0.05, 0) is 25.0 Å². The summed E-state index contributed by atoms with van der Waals surface area (Å²) in [7, 11) is 0. The third-order valence-electron chi connectivity index (χ3n) is 4.00. The van der Waals surface area contributed by atoms with Crippen molar-refractivity contribution in [2.75, 3.05) is 0 Å². The first-order valence-electron chi connectivity index (χ1n) is 7.57. The summed E-state index contributed by atoms with van der Waals surface area (Å²) in [5.74, 6) is -0.132. The van der Waals surface area contributed by atoms with Crippen LogP contribution in [0.3, 0.4) is 0 Å². The van der Waals surface area contributed by atoms with E-state index in [1.807, 2.05) is 6.07 Å². The average molecular weight is 288 g/mol. The van der Waals surface area contributed by atoms with E-state index < -0.39 is 0 Å². The fourth-order valence-electron chi connectivity index (χ4n) is 2.90. The molecule has 1 N–H and O–H groups in total. The van der Waals surface area contributed by atoms with Crippen LogP contribution in [0.15, 0.2) is 29.2 Å². The van der Waals surface area contributed by atoms with Crippen molar-refractivity contribution < 1.29 is 4.79 Å². The number of nitrogens with one attached hydrogen (secondary N) is 1. The molecule has 21 heavy (non-hydrogen) atoms. The zero-order valence-electron chi connectivity index (χ0n) is 12.0. The lowest BCUT2D eigenvalue weighted by Gasteiger charge is -2.15. The highest BCUT2D eigenvalue weighted by molar-refractivity contribution is 5.76. The molecule has 0 saturated heterocycles. The van der Waals surface area contributed by atoms with Gasteiger partial charge in [-0.15, -0.1) is 5.10 Å². The van der Waals surface area contributed by atoms with E-state index in [-0.39, 0.29) is 24.2 Å². The first-order chi connectivity index (χ1) is 10.2. The third-order valence-corrected chi connectivity index (χ3v) is 4.00. The number of amides is 1. The first-order valence-corrected chi connectivity index (χ1v) is 7.57. The second-order valence-electron chi connectivity index (χ2n) is 5.63. The molecule has 0 unspecified atom stereocenters. The maximum atomic E-state index is 12.1. The van der Waals surface area contributed by atoms with E-state index in [4.69, 9.17) is 0 Å². The summed E-state index contributed by atoms with van der Waals surface area (Å²) in [4.78, 5) is 24.2. The van der Waals surface area contributed by atoms with Gasteiger partial charge in [0.05, 0.1) is 0 Å². The predicted octanol–water partition coefficient (Wildman–Crippen LogP) is 1.33. The van der Waals surface area contributed by atoms with E-state index in [2.05, 4.69) is 10.4 Å². The second-order valence-corrected chi connectivity index (χ2v) is 5.63. The molecule has 2 aromatic rings. The lowest BCUT2D eigenvalue weighted by molar-refractivity contribution is -0.122. The summed E-state index contributed by atoms with van der Waals surface area (Å²) in [6, 6.07) is 5.58. The quantitative estimate of drug-likeness (QED) is 0.866. The molecular formula is C15H20N4O2. The van der Waals surface area contributed by atoms with Crippen molar-refractivity contribution in [3.8, 4) is 0 Å². The van der Waals surface area contributed by atoms with Crippen molar-refractivity contribution >= 4 is 11.6 Å². The number of hydrogen-bond donors (Lipinski definition) is 1. The molecule has 2 aromatic heterocycles. The smallest absolute Gasteiger partial charge is 0.350 e. The zero-order valence-corrected chi connectivity index (χ0v) is 12.0. The van der Waals surface area contributed by atoms with Gasteiger partial charge in [0.2, 0.25) is 5.91 Å². The van der Waals surface area contributed by atoms with Gasteiger partial charge in [0.25, 0.3) is 0 Å². The topological polar surface area (TPSA) is 68.4 Å². The van der Waals surface area contributed by atoms with E-state index in [9.17, 15) is 9.59 Å². The molecule has 0 spiro atoms. The summed E-state index contributed by atoms with van der Waals surface area (Å²) in [6.07, 6.45) is 8.55. The van der Waals surface area contributed by atoms with Crippen molar-refractivity contribution in [3.05, 3.63) is 34.9 Å². The number of nitrogens with zero attached hydrogens (tertiary/aromatic N) is 3. The van der Waals surface area contributed by atoms with E-state index in [0.29, 0.717) is 5.65 Å². The molecule has 3 rings (SSSR count). The summed E-state index contributed by atoms with van der Waals surface area (Å²) in [5, 5.41) is 7.20. The van der Waals surface area contributed by atoms with Gasteiger partial charge < -0.3 is 5.32 Å². The standard InChI is InChI=1S/C15H20N4O2/c20-14(16-12-7-3-1-2-4-8-12)11-19-15(21)18-10-6-5-9-13(18)17-19/h5-6,9-10,12H,1-4,7-8,11H2,(H,16,20). The highest BCUT2D eigenvalue weighted by atomic mass is 16.2. The Hall–Kier alpha value is -2.11. The largest absolute Gasteiger partial charge is 0.352 e. The monoisotopic (exact) mass is 288 g/mol. The van der Waals surface area contributed by atoms with Crippen LogP contribution in [-0.4, -0.2) is 26.1 Å². The van der Waals surface area contributed by atoms with Crippen molar-refractivity contribution in [3.63, 3.8) is 0 Å². The molecule has 0 aliphatic heterocycles. The second kappa shape index (κ2) is 6.11. The minimum Gasteiger partial charge on any atom is -0.352 e. The Kier molecular flexibility index (Phi) is 4.03. The molecule has 1 saturated carbocycles. The minimum atomic E-state index is -0.276. The zero-order chi connectivity index (χ0) is 14.7. The van der Waals surface area contributed by atoms with Crippen LogP contribution in [-0.2, 0) is 11.3 Å². The van der Waals surface area contributed by atoms with Crippen LogP contribution in [0.2, 0.25) is 0 Å². The molecule has 1 aliphatic carbocycles. The Bertz CT molecular complexity index is 680. The number of aromatic nitrogens is 3. The van der Waals surface area contributed by atoms with Crippen molar-refractivity contribution in [1.29, 1.82) is 0 Å². The normalized spacial score (nSPS) is 16.8. The van der Waals surface area contributed by atoms with Crippen LogP contribution < -0.4 is 11.0 Å². The Morgan fingerprint density at radius 1 is 1.24 bits per heavy atom. The van der Waals surface area contributed by atoms with Gasteiger partial charge in [-0.1, -0.05) is 31.7 Å². The van der Waals surface area contributed by atoms with E-state index in [1.54, 1.807) is 18.3 Å². The van der Waals surface area contributed by atoms with Gasteiger partial charge in [0.15, 0.2) is 5.65 Å². The van der Waals surface area contributed by atoms with E-state index in [1.165, 1.54) is 34.8 Å². The van der Waals surface area contributed by atoms with Crippen molar-refractivity contribution in [1.82, 2.24) is 19.5 Å². The molecule has 1 aliphatic rings. The molecule has 0 bridgehead atoms. The molecule has 1 fully saturated rings. The molecule has 0 radical (unpaired) electrons. The van der Waals surface area contributed by atoms with Crippen LogP contribution in [0.1, 0.15) is 38.5 Å². The number of carbonyl (C=O) groups excluding carboxylic acids is 1. The third kappa shape index (κ3) is 3.15. The highest BCUT2D eigenvalue weighted by Gasteiger charge is 2.16. The number of carbonyl (C=O) groups is 1. The Labute approximate surface area is 122 Å². The van der Waals surface area contributed by atoms with Crippen molar-refractivity contribution in [2.45, 2.75) is 51.1 Å². The molecule has 0 aromatic carbocycles. The molecule has 112 valence electrons. The number of hydrogen-bond acceptors (Lipinski definition) is 3. The number of fused-ring (bicyclic) bond motifs is 1. The summed E-state index contributed by atoms with van der Waals surface area (Å²) >= 11 is 0. The number of rotatable bonds is 3. The Morgan fingerprint density at radius 3 is 2.71 bits per heavy atom. The molecule has 0 atom stereocenters. The predicted molar refractivity (Wildman–Crippen MR) is 79.1 cm³/mol. The van der Waals surface area contributed by atoms with Gasteiger partial charge >= 0.3 is 5.69 Å². The van der Waals surface area contributed by atoms with Crippen molar-refractivity contribution in [2.24, 2.45) is 0 Å². The van der Waals surface area contributed by atoms with Gasteiger partial charge in [0.1, 0.15) is 6.54 Å². The maximum Gasteiger partial charge on any atom is 0.350 e. The molecule has 1 amide bonds. The summed E-state index contributed by atoms with van der Waals surface area (Å²) in [6.45, 7) is -0.0169. The lowest BCUT2D eigenvalue weighted by atomic mass is 10.1. The molecular weight excluding hydrogens is 268 g/mol. The Balaban J connectivity index is 1.68. The first kappa shape index (κ1) is 13.9. The lowest BCUT2D eigenvalue weighted by Crippen LogP contribution is -2.38. The molecule has 6 heteroatoms. The Morgan fingerprint density at radius 2 is 2.00 bits per heavy atom. The highest BCUT2D eigenvalue weighted by Crippen LogP contribution is 2.17. The molecule has 2 heterocycles. The molecule has 6 nitrogen and oxygen atoms in total. The van der Waals surface area contributed by atoms with Crippen LogP contribution >= 0.6 is 0 Å². The SMILES string of the molecule is O=C(Cn1nc2ccccn2c1=O)NC1CCCCCC1. The maximum absolute atomic E-state index is 12.1. The van der Waals surface area contributed by atoms with Gasteiger partial charge in [0, 0.05) is 12.2 Å². The van der Waals surface area contributed by atoms with Gasteiger partial charge in [-0.3, -0.25) is 9.20 Å².